The second kappa shape index (κ2) is 7.23. The fourth-order valence-electron chi connectivity index (χ4n) is 7.19. The van der Waals surface area contributed by atoms with Gasteiger partial charge in [0.25, 0.3) is 5.91 Å². The van der Waals surface area contributed by atoms with E-state index in [1.165, 1.54) is 43.2 Å². The van der Waals surface area contributed by atoms with Crippen molar-refractivity contribution < 1.29 is 4.79 Å². The summed E-state index contributed by atoms with van der Waals surface area (Å²) < 4.78 is 1.51. The van der Waals surface area contributed by atoms with Crippen LogP contribution in [0.4, 0.5) is 5.82 Å². The molecule has 0 saturated heterocycles. The molecular formula is C24H28Cl2N4O. The van der Waals surface area contributed by atoms with E-state index in [2.05, 4.69) is 15.7 Å². The molecule has 4 saturated carbocycles. The van der Waals surface area contributed by atoms with Gasteiger partial charge in [-0.2, -0.15) is 9.78 Å². The van der Waals surface area contributed by atoms with Crippen LogP contribution >= 0.6 is 23.2 Å². The lowest BCUT2D eigenvalue weighted by Crippen LogP contribution is -2.60. The van der Waals surface area contributed by atoms with Crippen LogP contribution in [-0.2, 0) is 0 Å². The third-order valence-electron chi connectivity index (χ3n) is 8.02. The zero-order valence-electron chi connectivity index (χ0n) is 17.8. The van der Waals surface area contributed by atoms with E-state index in [0.717, 1.165) is 46.9 Å². The molecular weight excluding hydrogens is 431 g/mol. The average Bonchev–Trinajstić information content (AvgIpc) is 3.02. The Labute approximate surface area is 192 Å². The topological polar surface area (TPSA) is 59.0 Å². The molecule has 1 atom stereocenters. The number of anilines is 1. The number of aromatic nitrogens is 2. The largest absolute Gasteiger partial charge is 0.365 e. The third kappa shape index (κ3) is 3.40. The maximum absolute atomic E-state index is 12.9. The van der Waals surface area contributed by atoms with Crippen LogP contribution in [0, 0.1) is 24.7 Å². The minimum atomic E-state index is 0.0329. The molecule has 31 heavy (non-hydrogen) atoms. The number of carbonyl (C=O) groups is 1. The quantitative estimate of drug-likeness (QED) is 0.630. The van der Waals surface area contributed by atoms with Crippen LogP contribution in [0.3, 0.4) is 0 Å². The van der Waals surface area contributed by atoms with Gasteiger partial charge in [-0.25, -0.2) is 0 Å². The number of fused-ring (bicyclic) bond motifs is 1. The first-order valence-electron chi connectivity index (χ1n) is 11.5. The van der Waals surface area contributed by atoms with Gasteiger partial charge in [-0.1, -0.05) is 29.3 Å². The van der Waals surface area contributed by atoms with Crippen LogP contribution in [-0.4, -0.2) is 33.8 Å². The van der Waals surface area contributed by atoms with Crippen LogP contribution in [0.1, 0.15) is 55.4 Å². The molecule has 2 heterocycles. The smallest absolute Gasteiger partial charge is 0.250 e. The first kappa shape index (κ1) is 20.1. The van der Waals surface area contributed by atoms with Gasteiger partial charge in [0.1, 0.15) is 5.82 Å². The lowest BCUT2D eigenvalue weighted by molar-refractivity contribution is -0.0200. The van der Waals surface area contributed by atoms with Crippen LogP contribution in [0.15, 0.2) is 18.2 Å². The van der Waals surface area contributed by atoms with Crippen molar-refractivity contribution in [2.45, 2.75) is 63.5 Å². The molecule has 4 bridgehead atoms. The Hall–Kier alpha value is -1.56. The van der Waals surface area contributed by atoms with Crippen LogP contribution < -0.4 is 10.6 Å². The fraction of sp³-hybridized carbons (Fsp3) is 0.583. The van der Waals surface area contributed by atoms with E-state index >= 15 is 0 Å². The Morgan fingerprint density at radius 2 is 1.84 bits per heavy atom. The van der Waals surface area contributed by atoms with E-state index in [1.54, 1.807) is 6.07 Å². The second-order valence-corrected chi connectivity index (χ2v) is 11.2. The van der Waals surface area contributed by atoms with Gasteiger partial charge in [0.2, 0.25) is 0 Å². The second-order valence-electron chi connectivity index (χ2n) is 10.4. The highest BCUT2D eigenvalue weighted by Crippen LogP contribution is 2.55. The number of nitrogens with one attached hydrogen (secondary N) is 2. The molecule has 4 fully saturated rings. The predicted molar refractivity (Wildman–Crippen MR) is 124 cm³/mol. The maximum Gasteiger partial charge on any atom is 0.250 e. The number of aryl methyl sites for hydroxylation is 1. The van der Waals surface area contributed by atoms with E-state index in [1.807, 2.05) is 19.1 Å². The van der Waals surface area contributed by atoms with Crippen LogP contribution in [0.2, 0.25) is 10.0 Å². The summed E-state index contributed by atoms with van der Waals surface area (Å²) in [6, 6.07) is 5.51. The molecule has 5 aliphatic rings. The number of halogens is 2. The molecule has 7 heteroatoms. The summed E-state index contributed by atoms with van der Waals surface area (Å²) in [5.74, 6) is 3.49. The summed E-state index contributed by atoms with van der Waals surface area (Å²) in [6.45, 7) is 2.72. The number of hydrogen-bond donors (Lipinski definition) is 2. The first-order chi connectivity index (χ1) is 14.9. The molecule has 4 aliphatic carbocycles. The molecule has 1 aromatic carbocycles. The summed E-state index contributed by atoms with van der Waals surface area (Å²) in [4.78, 5) is 12.9. The molecule has 164 valence electrons. The van der Waals surface area contributed by atoms with Gasteiger partial charge in [-0.15, -0.1) is 0 Å². The molecule has 1 aromatic heterocycles. The Bertz CT molecular complexity index is 1030. The normalized spacial score (nSPS) is 33.5. The molecule has 2 N–H and O–H groups in total. The van der Waals surface area contributed by atoms with Gasteiger partial charge in [0.05, 0.1) is 17.1 Å². The van der Waals surface area contributed by atoms with E-state index in [4.69, 9.17) is 23.2 Å². The Balaban J connectivity index is 1.25. The van der Waals surface area contributed by atoms with Crippen molar-refractivity contribution in [2.24, 2.45) is 17.8 Å². The van der Waals surface area contributed by atoms with Gasteiger partial charge in [-0.05, 0) is 75.3 Å². The van der Waals surface area contributed by atoms with Crippen LogP contribution in [0.25, 0.3) is 11.1 Å². The standard InChI is InChI=1S/C24H28Cl2N4O/c1-13-22(19-3-2-17(25)7-20(19)26)23-28-18(8-21(31)30(23)29-13)12-27-24-9-14-4-15(10-24)6-16(5-14)11-24/h2-3,7,14-16,18,27-28H,4-6,8-12H2,1H3. The Kier molecular flexibility index (Phi) is 4.68. The van der Waals surface area contributed by atoms with Crippen molar-refractivity contribution in [3.8, 4) is 11.1 Å². The van der Waals surface area contributed by atoms with E-state index in [9.17, 15) is 4.79 Å². The average molecular weight is 459 g/mol. The molecule has 1 aliphatic heterocycles. The number of rotatable bonds is 4. The molecule has 0 radical (unpaired) electrons. The SMILES string of the molecule is Cc1nn2c(c1-c1ccc(Cl)cc1Cl)NC(CNC13CC4CC(CC(C4)C1)C3)CC2=O. The van der Waals surface area contributed by atoms with Crippen molar-refractivity contribution in [1.29, 1.82) is 0 Å². The zero-order chi connectivity index (χ0) is 21.3. The summed E-state index contributed by atoms with van der Waals surface area (Å²) in [7, 11) is 0. The minimum absolute atomic E-state index is 0.0329. The first-order valence-corrected chi connectivity index (χ1v) is 12.2. The number of benzene rings is 1. The number of nitrogens with zero attached hydrogens (tertiary/aromatic N) is 2. The lowest BCUT2D eigenvalue weighted by atomic mass is 9.53. The fourth-order valence-corrected chi connectivity index (χ4v) is 7.69. The Morgan fingerprint density at radius 3 is 2.48 bits per heavy atom. The van der Waals surface area contributed by atoms with Crippen LogP contribution in [0.5, 0.6) is 0 Å². The molecule has 5 nitrogen and oxygen atoms in total. The maximum atomic E-state index is 12.9. The highest BCUT2D eigenvalue weighted by molar-refractivity contribution is 6.36. The predicted octanol–water partition coefficient (Wildman–Crippen LogP) is 5.55. The van der Waals surface area contributed by atoms with E-state index in [-0.39, 0.29) is 17.5 Å². The van der Waals surface area contributed by atoms with Crippen molar-refractivity contribution in [1.82, 2.24) is 15.1 Å². The summed E-state index contributed by atoms with van der Waals surface area (Å²) in [5.41, 5.74) is 2.80. The van der Waals surface area contributed by atoms with Gasteiger partial charge < -0.3 is 10.6 Å². The van der Waals surface area contributed by atoms with Crippen molar-refractivity contribution in [2.75, 3.05) is 11.9 Å². The summed E-state index contributed by atoms with van der Waals surface area (Å²) in [5, 5.41) is 13.2. The highest BCUT2D eigenvalue weighted by Gasteiger charge is 2.50. The zero-order valence-corrected chi connectivity index (χ0v) is 19.3. The van der Waals surface area contributed by atoms with Gasteiger partial charge in [0.15, 0.2) is 0 Å². The minimum Gasteiger partial charge on any atom is -0.365 e. The third-order valence-corrected chi connectivity index (χ3v) is 8.57. The van der Waals surface area contributed by atoms with Crippen molar-refractivity contribution >= 4 is 34.9 Å². The lowest BCUT2D eigenvalue weighted by Gasteiger charge is -2.57. The summed E-state index contributed by atoms with van der Waals surface area (Å²) in [6.07, 6.45) is 8.68. The van der Waals surface area contributed by atoms with Crippen molar-refractivity contribution in [3.63, 3.8) is 0 Å². The molecule has 7 rings (SSSR count). The van der Waals surface area contributed by atoms with Gasteiger partial charge in [0, 0.05) is 34.3 Å². The Morgan fingerprint density at radius 1 is 1.16 bits per heavy atom. The molecule has 0 spiro atoms. The van der Waals surface area contributed by atoms with Gasteiger partial charge >= 0.3 is 0 Å². The number of carbonyl (C=O) groups excluding carboxylic acids is 1. The van der Waals surface area contributed by atoms with Gasteiger partial charge in [-0.3, -0.25) is 4.79 Å². The van der Waals surface area contributed by atoms with Crippen molar-refractivity contribution in [3.05, 3.63) is 33.9 Å². The molecule has 0 amide bonds. The monoisotopic (exact) mass is 458 g/mol. The van der Waals surface area contributed by atoms with E-state index < -0.39 is 0 Å². The molecule has 2 aromatic rings. The summed E-state index contributed by atoms with van der Waals surface area (Å²) >= 11 is 12.6. The number of hydrogen-bond acceptors (Lipinski definition) is 4. The molecule has 1 unspecified atom stereocenters. The highest BCUT2D eigenvalue weighted by atomic mass is 35.5. The van der Waals surface area contributed by atoms with E-state index in [0.29, 0.717) is 16.5 Å².